The van der Waals surface area contributed by atoms with Crippen molar-refractivity contribution in [1.29, 1.82) is 0 Å². The van der Waals surface area contributed by atoms with E-state index in [-0.39, 0.29) is 6.10 Å². The average Bonchev–Trinajstić information content (AvgIpc) is 2.96. The van der Waals surface area contributed by atoms with E-state index in [0.717, 1.165) is 50.6 Å². The van der Waals surface area contributed by atoms with Crippen LogP contribution in [0.4, 0.5) is 0 Å². The minimum absolute atomic E-state index is 0.251. The van der Waals surface area contributed by atoms with Crippen LogP contribution in [-0.4, -0.2) is 36.5 Å². The fourth-order valence-electron chi connectivity index (χ4n) is 2.27. The Morgan fingerprint density at radius 1 is 1.41 bits per heavy atom. The second-order valence-corrected chi connectivity index (χ2v) is 4.45. The Hall–Kier alpha value is -0.940. The summed E-state index contributed by atoms with van der Waals surface area (Å²) in [6.45, 7) is 3.91. The largest absolute Gasteiger partial charge is 0.425 e. The van der Waals surface area contributed by atoms with Crippen molar-refractivity contribution in [3.63, 3.8) is 0 Å². The van der Waals surface area contributed by atoms with Crippen LogP contribution in [-0.2, 0) is 11.2 Å². The van der Waals surface area contributed by atoms with Gasteiger partial charge in [-0.25, -0.2) is 0 Å². The molecule has 2 atom stereocenters. The smallest absolute Gasteiger partial charge is 0.222 e. The van der Waals surface area contributed by atoms with Gasteiger partial charge in [0.2, 0.25) is 11.8 Å². The van der Waals surface area contributed by atoms with Gasteiger partial charge in [-0.2, -0.15) is 0 Å². The van der Waals surface area contributed by atoms with Crippen molar-refractivity contribution in [3.8, 4) is 0 Å². The molecule has 2 unspecified atom stereocenters. The first-order chi connectivity index (χ1) is 8.35. The van der Waals surface area contributed by atoms with Crippen LogP contribution in [0.1, 0.15) is 43.9 Å². The van der Waals surface area contributed by atoms with E-state index in [1.807, 2.05) is 7.05 Å². The predicted molar refractivity (Wildman–Crippen MR) is 63.9 cm³/mol. The maximum atomic E-state index is 5.72. The second-order valence-electron chi connectivity index (χ2n) is 4.45. The van der Waals surface area contributed by atoms with Gasteiger partial charge in [0.1, 0.15) is 0 Å². The number of aryl methyl sites for hydroxylation is 1. The molecule has 2 heterocycles. The minimum atomic E-state index is 0.251. The number of hydrogen-bond acceptors (Lipinski definition) is 5. The van der Waals surface area contributed by atoms with Gasteiger partial charge in [0, 0.05) is 13.0 Å². The molecule has 1 fully saturated rings. The van der Waals surface area contributed by atoms with Crippen LogP contribution in [0.5, 0.6) is 0 Å². The van der Waals surface area contributed by atoms with Crippen LogP contribution < -0.4 is 5.32 Å². The quantitative estimate of drug-likeness (QED) is 0.762. The Labute approximate surface area is 102 Å². The summed E-state index contributed by atoms with van der Waals surface area (Å²) in [5.41, 5.74) is 0. The molecule has 96 valence electrons. The zero-order valence-corrected chi connectivity index (χ0v) is 10.6. The van der Waals surface area contributed by atoms with E-state index < -0.39 is 0 Å². The molecule has 2 rings (SSSR count). The lowest BCUT2D eigenvalue weighted by molar-refractivity contribution is 0.0963. The molecule has 1 aromatic heterocycles. The molecule has 0 radical (unpaired) electrons. The molecule has 5 heteroatoms. The summed E-state index contributed by atoms with van der Waals surface area (Å²) in [5, 5.41) is 11.4. The number of rotatable bonds is 6. The molecule has 1 saturated heterocycles. The fourth-order valence-corrected chi connectivity index (χ4v) is 2.27. The minimum Gasteiger partial charge on any atom is -0.425 e. The van der Waals surface area contributed by atoms with Crippen molar-refractivity contribution in [2.75, 3.05) is 20.2 Å². The highest BCUT2D eigenvalue weighted by Gasteiger charge is 2.32. The molecule has 1 aliphatic heterocycles. The van der Waals surface area contributed by atoms with Crippen LogP contribution in [0.2, 0.25) is 0 Å². The SMILES string of the molecule is CCC1OCCC1c1nnc(CCCNC)o1. The van der Waals surface area contributed by atoms with Crippen molar-refractivity contribution in [2.24, 2.45) is 0 Å². The molecule has 5 nitrogen and oxygen atoms in total. The van der Waals surface area contributed by atoms with Crippen molar-refractivity contribution < 1.29 is 9.15 Å². The van der Waals surface area contributed by atoms with E-state index >= 15 is 0 Å². The summed E-state index contributed by atoms with van der Waals surface area (Å²) < 4.78 is 11.4. The summed E-state index contributed by atoms with van der Waals surface area (Å²) in [4.78, 5) is 0. The molecular weight excluding hydrogens is 218 g/mol. The van der Waals surface area contributed by atoms with Crippen LogP contribution >= 0.6 is 0 Å². The van der Waals surface area contributed by atoms with Gasteiger partial charge in [-0.05, 0) is 32.9 Å². The van der Waals surface area contributed by atoms with E-state index in [1.165, 1.54) is 0 Å². The summed E-state index contributed by atoms with van der Waals surface area (Å²) in [5.74, 6) is 1.80. The summed E-state index contributed by atoms with van der Waals surface area (Å²) in [6.07, 6.45) is 4.12. The lowest BCUT2D eigenvalue weighted by atomic mass is 10.00. The zero-order valence-electron chi connectivity index (χ0n) is 10.6. The van der Waals surface area contributed by atoms with E-state index in [4.69, 9.17) is 9.15 Å². The Kier molecular flexibility index (Phi) is 4.50. The van der Waals surface area contributed by atoms with Gasteiger partial charge < -0.3 is 14.5 Å². The molecule has 0 saturated carbocycles. The van der Waals surface area contributed by atoms with Crippen LogP contribution in [0, 0.1) is 0 Å². The van der Waals surface area contributed by atoms with Crippen molar-refractivity contribution in [3.05, 3.63) is 11.8 Å². The summed E-state index contributed by atoms with van der Waals surface area (Å²) in [7, 11) is 1.95. The molecule has 0 bridgehead atoms. The monoisotopic (exact) mass is 239 g/mol. The average molecular weight is 239 g/mol. The first kappa shape index (κ1) is 12.5. The Morgan fingerprint density at radius 3 is 3.06 bits per heavy atom. The fraction of sp³-hybridized carbons (Fsp3) is 0.833. The van der Waals surface area contributed by atoms with Crippen LogP contribution in [0.3, 0.4) is 0 Å². The Bertz CT molecular complexity index is 340. The Morgan fingerprint density at radius 2 is 2.29 bits per heavy atom. The predicted octanol–water partition coefficient (Wildman–Crippen LogP) is 1.50. The van der Waals surface area contributed by atoms with E-state index in [2.05, 4.69) is 22.4 Å². The van der Waals surface area contributed by atoms with Gasteiger partial charge >= 0.3 is 0 Å². The Balaban J connectivity index is 1.93. The number of nitrogens with zero attached hydrogens (tertiary/aromatic N) is 2. The van der Waals surface area contributed by atoms with Crippen LogP contribution in [0.25, 0.3) is 0 Å². The molecular formula is C12H21N3O2. The summed E-state index contributed by atoms with van der Waals surface area (Å²) >= 11 is 0. The highest BCUT2D eigenvalue weighted by Crippen LogP contribution is 2.32. The van der Waals surface area contributed by atoms with Crippen molar-refractivity contribution in [2.45, 2.75) is 44.6 Å². The number of ether oxygens (including phenoxy) is 1. The number of nitrogens with one attached hydrogen (secondary N) is 1. The molecule has 1 aromatic rings. The first-order valence-corrected chi connectivity index (χ1v) is 6.43. The summed E-state index contributed by atoms with van der Waals surface area (Å²) in [6, 6.07) is 0. The highest BCUT2D eigenvalue weighted by atomic mass is 16.5. The van der Waals surface area contributed by atoms with E-state index in [1.54, 1.807) is 0 Å². The first-order valence-electron chi connectivity index (χ1n) is 6.43. The van der Waals surface area contributed by atoms with Crippen LogP contribution in [0.15, 0.2) is 4.42 Å². The number of aromatic nitrogens is 2. The van der Waals surface area contributed by atoms with Crippen molar-refractivity contribution in [1.82, 2.24) is 15.5 Å². The second kappa shape index (κ2) is 6.12. The zero-order chi connectivity index (χ0) is 12.1. The van der Waals surface area contributed by atoms with Gasteiger partial charge in [0.25, 0.3) is 0 Å². The van der Waals surface area contributed by atoms with Gasteiger partial charge in [0.05, 0.1) is 12.0 Å². The third-order valence-electron chi connectivity index (χ3n) is 3.23. The third-order valence-corrected chi connectivity index (χ3v) is 3.23. The third kappa shape index (κ3) is 3.04. The molecule has 1 aliphatic rings. The topological polar surface area (TPSA) is 60.2 Å². The van der Waals surface area contributed by atoms with Gasteiger partial charge in [-0.1, -0.05) is 6.92 Å². The lowest BCUT2D eigenvalue weighted by Gasteiger charge is -2.11. The van der Waals surface area contributed by atoms with Gasteiger partial charge in [0.15, 0.2) is 0 Å². The van der Waals surface area contributed by atoms with Gasteiger partial charge in [-0.15, -0.1) is 10.2 Å². The van der Waals surface area contributed by atoms with Crippen molar-refractivity contribution >= 4 is 0 Å². The maximum absolute atomic E-state index is 5.72. The highest BCUT2D eigenvalue weighted by molar-refractivity contribution is 4.98. The van der Waals surface area contributed by atoms with Gasteiger partial charge in [-0.3, -0.25) is 0 Å². The molecule has 0 amide bonds. The standard InChI is InChI=1S/C12H21N3O2/c1-3-10-9(6-8-16-10)12-15-14-11(17-12)5-4-7-13-2/h9-10,13H,3-8H2,1-2H3. The van der Waals surface area contributed by atoms with E-state index in [9.17, 15) is 0 Å². The van der Waals surface area contributed by atoms with E-state index in [0.29, 0.717) is 5.92 Å². The molecule has 0 aromatic carbocycles. The molecule has 0 spiro atoms. The lowest BCUT2D eigenvalue weighted by Crippen LogP contribution is -2.13. The molecule has 0 aliphatic carbocycles. The molecule has 1 N–H and O–H groups in total. The maximum Gasteiger partial charge on any atom is 0.222 e. The number of hydrogen-bond donors (Lipinski definition) is 1. The molecule has 17 heavy (non-hydrogen) atoms. The normalized spacial score (nSPS) is 24.4.